The standard InChI is InChI=1S/C11H15N3O/c1-7-11(8(2)15-13-7)9-4-10(12)6-14(3)5-9/h4-5H,6,12H2,1-3H3. The molecule has 2 heterocycles. The summed E-state index contributed by atoms with van der Waals surface area (Å²) in [6, 6.07) is 0. The van der Waals surface area contributed by atoms with E-state index in [1.165, 1.54) is 0 Å². The van der Waals surface area contributed by atoms with Crippen LogP contribution in [0.3, 0.4) is 0 Å². The Morgan fingerprint density at radius 1 is 1.47 bits per heavy atom. The summed E-state index contributed by atoms with van der Waals surface area (Å²) in [5.41, 5.74) is 9.72. The Bertz CT molecular complexity index is 423. The zero-order valence-corrected chi connectivity index (χ0v) is 9.24. The van der Waals surface area contributed by atoms with Gasteiger partial charge in [0.2, 0.25) is 0 Å². The smallest absolute Gasteiger partial charge is 0.141 e. The number of nitrogens with two attached hydrogens (primary N) is 1. The van der Waals surface area contributed by atoms with Crippen LogP contribution in [0.1, 0.15) is 17.0 Å². The van der Waals surface area contributed by atoms with Crippen LogP contribution in [0.25, 0.3) is 5.57 Å². The van der Waals surface area contributed by atoms with E-state index < -0.39 is 0 Å². The third kappa shape index (κ3) is 1.75. The summed E-state index contributed by atoms with van der Waals surface area (Å²) in [5, 5.41) is 3.94. The fourth-order valence-electron chi connectivity index (χ4n) is 1.89. The van der Waals surface area contributed by atoms with Gasteiger partial charge in [0.25, 0.3) is 0 Å². The van der Waals surface area contributed by atoms with Crippen molar-refractivity contribution in [3.8, 4) is 0 Å². The maximum Gasteiger partial charge on any atom is 0.141 e. The van der Waals surface area contributed by atoms with Crippen molar-refractivity contribution in [2.75, 3.05) is 13.6 Å². The lowest BCUT2D eigenvalue weighted by atomic mass is 10.0. The minimum atomic E-state index is 0.771. The van der Waals surface area contributed by atoms with Gasteiger partial charge in [-0.25, -0.2) is 0 Å². The van der Waals surface area contributed by atoms with Gasteiger partial charge in [-0.15, -0.1) is 0 Å². The molecule has 0 aromatic carbocycles. The minimum Gasteiger partial charge on any atom is -0.401 e. The predicted octanol–water partition coefficient (Wildman–Crippen LogP) is 1.42. The summed E-state index contributed by atoms with van der Waals surface area (Å²) in [6.07, 6.45) is 4.04. The second-order valence-electron chi connectivity index (χ2n) is 3.92. The zero-order chi connectivity index (χ0) is 11.0. The first-order valence-electron chi connectivity index (χ1n) is 4.89. The highest BCUT2D eigenvalue weighted by atomic mass is 16.5. The molecular formula is C11H15N3O. The van der Waals surface area contributed by atoms with Gasteiger partial charge in [-0.2, -0.15) is 0 Å². The second kappa shape index (κ2) is 3.46. The normalized spacial score (nSPS) is 16.3. The minimum absolute atomic E-state index is 0.771. The number of nitrogens with zero attached hydrogens (tertiary/aromatic N) is 2. The molecule has 2 N–H and O–H groups in total. The van der Waals surface area contributed by atoms with Crippen molar-refractivity contribution in [3.63, 3.8) is 0 Å². The van der Waals surface area contributed by atoms with Gasteiger partial charge in [0, 0.05) is 30.1 Å². The first kappa shape index (κ1) is 9.83. The molecule has 0 saturated heterocycles. The average Bonchev–Trinajstić information content (AvgIpc) is 2.44. The molecule has 0 spiro atoms. The summed E-state index contributed by atoms with van der Waals surface area (Å²) in [5.74, 6) is 0.832. The van der Waals surface area contributed by atoms with Crippen molar-refractivity contribution < 1.29 is 4.52 Å². The number of aromatic nitrogens is 1. The number of hydrogen-bond acceptors (Lipinski definition) is 4. The lowest BCUT2D eigenvalue weighted by Gasteiger charge is -2.21. The molecule has 0 fully saturated rings. The first-order valence-corrected chi connectivity index (χ1v) is 4.89. The van der Waals surface area contributed by atoms with Gasteiger partial charge in [0.15, 0.2) is 0 Å². The van der Waals surface area contributed by atoms with Gasteiger partial charge in [-0.1, -0.05) is 5.16 Å². The van der Waals surface area contributed by atoms with Crippen LogP contribution >= 0.6 is 0 Å². The van der Waals surface area contributed by atoms with Crippen LogP contribution in [-0.4, -0.2) is 23.6 Å². The highest BCUT2D eigenvalue weighted by molar-refractivity contribution is 5.77. The van der Waals surface area contributed by atoms with Crippen LogP contribution in [0.5, 0.6) is 0 Å². The van der Waals surface area contributed by atoms with E-state index in [1.807, 2.05) is 27.0 Å². The molecule has 0 unspecified atom stereocenters. The Kier molecular flexibility index (Phi) is 2.26. The van der Waals surface area contributed by atoms with E-state index >= 15 is 0 Å². The van der Waals surface area contributed by atoms with Gasteiger partial charge < -0.3 is 15.2 Å². The van der Waals surface area contributed by atoms with Crippen molar-refractivity contribution in [2.45, 2.75) is 13.8 Å². The molecular weight excluding hydrogens is 190 g/mol. The van der Waals surface area contributed by atoms with Crippen molar-refractivity contribution in [2.24, 2.45) is 5.73 Å². The maximum atomic E-state index is 5.85. The quantitative estimate of drug-likeness (QED) is 0.753. The molecule has 1 aliphatic heterocycles. The Morgan fingerprint density at radius 3 is 2.73 bits per heavy atom. The Balaban J connectivity index is 2.47. The summed E-state index contributed by atoms with van der Waals surface area (Å²) in [6.45, 7) is 4.62. The lowest BCUT2D eigenvalue weighted by Crippen LogP contribution is -2.22. The van der Waals surface area contributed by atoms with Crippen LogP contribution < -0.4 is 5.73 Å². The van der Waals surface area contributed by atoms with Crippen LogP contribution in [0.15, 0.2) is 22.5 Å². The average molecular weight is 205 g/mol. The second-order valence-corrected chi connectivity index (χ2v) is 3.92. The highest BCUT2D eigenvalue weighted by Crippen LogP contribution is 2.26. The molecule has 4 heteroatoms. The van der Waals surface area contributed by atoms with Gasteiger partial charge in [-0.3, -0.25) is 0 Å². The van der Waals surface area contributed by atoms with Crippen molar-refractivity contribution >= 4 is 5.57 Å². The number of hydrogen-bond donors (Lipinski definition) is 1. The summed E-state index contributed by atoms with van der Waals surface area (Å²) >= 11 is 0. The molecule has 0 bridgehead atoms. The molecule has 1 aromatic rings. The fraction of sp³-hybridized carbons (Fsp3) is 0.364. The number of likely N-dealkylation sites (N-methyl/N-ethyl adjacent to an activating group) is 1. The monoisotopic (exact) mass is 205 g/mol. The molecule has 0 amide bonds. The van der Waals surface area contributed by atoms with Gasteiger partial charge in [0.1, 0.15) is 5.76 Å². The van der Waals surface area contributed by atoms with Crippen molar-refractivity contribution in [1.29, 1.82) is 0 Å². The third-order valence-corrected chi connectivity index (χ3v) is 2.45. The molecule has 0 atom stereocenters. The molecule has 1 aliphatic rings. The van der Waals surface area contributed by atoms with Crippen LogP contribution in [0, 0.1) is 13.8 Å². The molecule has 2 rings (SSSR count). The Morgan fingerprint density at radius 2 is 2.20 bits per heavy atom. The van der Waals surface area contributed by atoms with Gasteiger partial charge >= 0.3 is 0 Å². The van der Waals surface area contributed by atoms with Gasteiger partial charge in [-0.05, 0) is 19.9 Å². The van der Waals surface area contributed by atoms with Crippen molar-refractivity contribution in [3.05, 3.63) is 35.0 Å². The van der Waals surface area contributed by atoms with E-state index in [0.29, 0.717) is 0 Å². The maximum absolute atomic E-state index is 5.85. The molecule has 0 aliphatic carbocycles. The Labute approximate surface area is 89.0 Å². The van der Waals surface area contributed by atoms with E-state index in [1.54, 1.807) is 0 Å². The van der Waals surface area contributed by atoms with E-state index in [2.05, 4.69) is 16.3 Å². The van der Waals surface area contributed by atoms with E-state index in [4.69, 9.17) is 10.3 Å². The van der Waals surface area contributed by atoms with Crippen LogP contribution in [0.2, 0.25) is 0 Å². The number of rotatable bonds is 1. The molecule has 4 nitrogen and oxygen atoms in total. The highest BCUT2D eigenvalue weighted by Gasteiger charge is 2.16. The zero-order valence-electron chi connectivity index (χ0n) is 9.24. The molecule has 1 aromatic heterocycles. The number of allylic oxidation sites excluding steroid dienone is 2. The largest absolute Gasteiger partial charge is 0.401 e. The number of aryl methyl sites for hydroxylation is 2. The molecule has 0 radical (unpaired) electrons. The van der Waals surface area contributed by atoms with E-state index in [-0.39, 0.29) is 0 Å². The summed E-state index contributed by atoms with van der Waals surface area (Å²) in [7, 11) is 2.00. The summed E-state index contributed by atoms with van der Waals surface area (Å²) in [4.78, 5) is 2.05. The Hall–Kier alpha value is -1.71. The van der Waals surface area contributed by atoms with E-state index in [0.717, 1.165) is 34.8 Å². The van der Waals surface area contributed by atoms with Gasteiger partial charge in [0.05, 0.1) is 12.2 Å². The fourth-order valence-corrected chi connectivity index (χ4v) is 1.89. The lowest BCUT2D eigenvalue weighted by molar-refractivity contribution is 0.393. The topological polar surface area (TPSA) is 55.3 Å². The van der Waals surface area contributed by atoms with Crippen LogP contribution in [-0.2, 0) is 0 Å². The predicted molar refractivity (Wildman–Crippen MR) is 58.9 cm³/mol. The first-order chi connectivity index (χ1) is 7.08. The molecule has 15 heavy (non-hydrogen) atoms. The van der Waals surface area contributed by atoms with E-state index in [9.17, 15) is 0 Å². The molecule has 80 valence electrons. The SMILES string of the molecule is Cc1noc(C)c1C1=CN(C)CC(N)=C1. The summed E-state index contributed by atoms with van der Waals surface area (Å²) < 4.78 is 5.14. The van der Waals surface area contributed by atoms with Crippen molar-refractivity contribution in [1.82, 2.24) is 10.1 Å². The molecule has 0 saturated carbocycles. The van der Waals surface area contributed by atoms with Crippen LogP contribution in [0.4, 0.5) is 0 Å². The third-order valence-electron chi connectivity index (χ3n) is 2.45.